The van der Waals surface area contributed by atoms with Gasteiger partial charge >= 0.3 is 0 Å². The van der Waals surface area contributed by atoms with Crippen LogP contribution in [0.3, 0.4) is 0 Å². The molecule has 0 bridgehead atoms. The molecule has 21 heavy (non-hydrogen) atoms. The fourth-order valence-corrected chi connectivity index (χ4v) is 2.73. The molecule has 3 nitrogen and oxygen atoms in total. The van der Waals surface area contributed by atoms with Crippen molar-refractivity contribution in [1.82, 2.24) is 0 Å². The van der Waals surface area contributed by atoms with Crippen molar-refractivity contribution in [2.24, 2.45) is 0 Å². The monoisotopic (exact) mass is 343 g/mol. The number of nitrogen functional groups attached to an aromatic ring is 1. The number of nitriles is 1. The predicted octanol–water partition coefficient (Wildman–Crippen LogP) is 4.32. The van der Waals surface area contributed by atoms with Crippen LogP contribution in [0.15, 0.2) is 46.9 Å². The minimum absolute atomic E-state index is 0.652. The lowest BCUT2D eigenvalue weighted by atomic mass is 10.1. The van der Waals surface area contributed by atoms with E-state index in [0.29, 0.717) is 5.56 Å². The van der Waals surface area contributed by atoms with Crippen LogP contribution < -0.4 is 10.6 Å². The van der Waals surface area contributed by atoms with Crippen LogP contribution >= 0.6 is 15.9 Å². The molecule has 2 aromatic rings. The second-order valence-corrected chi connectivity index (χ2v) is 5.80. The van der Waals surface area contributed by atoms with Crippen molar-refractivity contribution in [3.63, 3.8) is 0 Å². The molecule has 2 aromatic carbocycles. The van der Waals surface area contributed by atoms with Crippen LogP contribution in [0.25, 0.3) is 0 Å². The van der Waals surface area contributed by atoms with Crippen LogP contribution in [0.4, 0.5) is 11.4 Å². The van der Waals surface area contributed by atoms with Gasteiger partial charge in [0.25, 0.3) is 0 Å². The number of nitrogens with two attached hydrogens (primary N) is 1. The largest absolute Gasteiger partial charge is 0.399 e. The Morgan fingerprint density at radius 2 is 2.05 bits per heavy atom. The first-order chi connectivity index (χ1) is 10.1. The first-order valence-corrected chi connectivity index (χ1v) is 7.72. The Bertz CT molecular complexity index is 661. The van der Waals surface area contributed by atoms with E-state index in [1.165, 1.54) is 5.56 Å². The van der Waals surface area contributed by atoms with Gasteiger partial charge in [0.1, 0.15) is 6.07 Å². The highest BCUT2D eigenvalue weighted by molar-refractivity contribution is 9.10. The number of nitrogens with zero attached hydrogens (tertiary/aromatic N) is 2. The molecule has 0 amide bonds. The Hall–Kier alpha value is -1.99. The number of anilines is 2. The van der Waals surface area contributed by atoms with E-state index in [2.05, 4.69) is 39.9 Å². The smallest absolute Gasteiger partial charge is 0.100 e. The maximum atomic E-state index is 9.01. The van der Waals surface area contributed by atoms with Crippen LogP contribution in [0, 0.1) is 11.3 Å². The molecule has 0 aliphatic carbocycles. The number of halogens is 1. The van der Waals surface area contributed by atoms with Crippen molar-refractivity contribution in [1.29, 1.82) is 5.26 Å². The van der Waals surface area contributed by atoms with Crippen LogP contribution in [0.1, 0.15) is 24.5 Å². The average Bonchev–Trinajstić information content (AvgIpc) is 2.47. The summed E-state index contributed by atoms with van der Waals surface area (Å²) in [5, 5.41) is 9.01. The summed E-state index contributed by atoms with van der Waals surface area (Å²) in [6.07, 6.45) is 1.06. The van der Waals surface area contributed by atoms with Gasteiger partial charge in [0.15, 0.2) is 0 Å². The van der Waals surface area contributed by atoms with Gasteiger partial charge in [0.2, 0.25) is 0 Å². The second kappa shape index (κ2) is 7.14. The van der Waals surface area contributed by atoms with Crippen molar-refractivity contribution < 1.29 is 0 Å². The fourth-order valence-electron chi connectivity index (χ4n) is 2.27. The van der Waals surface area contributed by atoms with Crippen molar-refractivity contribution in [3.8, 4) is 6.07 Å². The van der Waals surface area contributed by atoms with Gasteiger partial charge in [-0.2, -0.15) is 5.26 Å². The summed E-state index contributed by atoms with van der Waals surface area (Å²) < 4.78 is 0.830. The molecule has 0 aliphatic heterocycles. The van der Waals surface area contributed by atoms with Crippen molar-refractivity contribution in [2.45, 2.75) is 19.9 Å². The lowest BCUT2D eigenvalue weighted by Crippen LogP contribution is -2.23. The molecule has 4 heteroatoms. The first kappa shape index (κ1) is 15.4. The standard InChI is InChI=1S/C17H18BrN3/c1-2-8-21(12-13-4-3-5-15(20)9-13)16-7-6-14(11-19)17(18)10-16/h3-7,9-10H,2,8,12,20H2,1H3. The van der Waals surface area contributed by atoms with Crippen LogP contribution in [-0.4, -0.2) is 6.54 Å². The SMILES string of the molecule is CCCN(Cc1cccc(N)c1)c1ccc(C#N)c(Br)c1. The molecule has 0 saturated heterocycles. The van der Waals surface area contributed by atoms with Crippen LogP contribution in [0.5, 0.6) is 0 Å². The third kappa shape index (κ3) is 3.99. The lowest BCUT2D eigenvalue weighted by molar-refractivity contribution is 0.767. The maximum Gasteiger partial charge on any atom is 0.100 e. The van der Waals surface area contributed by atoms with Gasteiger partial charge in [-0.3, -0.25) is 0 Å². The maximum absolute atomic E-state index is 9.01. The Kier molecular flexibility index (Phi) is 5.24. The van der Waals surface area contributed by atoms with E-state index in [1.807, 2.05) is 36.4 Å². The van der Waals surface area contributed by atoms with E-state index < -0.39 is 0 Å². The highest BCUT2D eigenvalue weighted by atomic mass is 79.9. The number of benzene rings is 2. The summed E-state index contributed by atoms with van der Waals surface area (Å²) in [6, 6.07) is 16.0. The van der Waals surface area contributed by atoms with E-state index in [1.54, 1.807) is 0 Å². The lowest BCUT2D eigenvalue weighted by Gasteiger charge is -2.25. The Labute approximate surface area is 134 Å². The van der Waals surface area contributed by atoms with Gasteiger partial charge in [-0.1, -0.05) is 19.1 Å². The molecule has 0 aliphatic rings. The third-order valence-electron chi connectivity index (χ3n) is 3.26. The van der Waals surface area contributed by atoms with Gasteiger partial charge in [0.05, 0.1) is 5.56 Å². The van der Waals surface area contributed by atoms with Gasteiger partial charge in [-0.05, 0) is 58.2 Å². The van der Waals surface area contributed by atoms with E-state index in [0.717, 1.165) is 35.4 Å². The van der Waals surface area contributed by atoms with E-state index in [-0.39, 0.29) is 0 Å². The van der Waals surface area contributed by atoms with Gasteiger partial charge in [-0.15, -0.1) is 0 Å². The Morgan fingerprint density at radius 3 is 2.67 bits per heavy atom. The number of rotatable bonds is 5. The second-order valence-electron chi connectivity index (χ2n) is 4.94. The zero-order valence-electron chi connectivity index (χ0n) is 12.0. The summed E-state index contributed by atoms with van der Waals surface area (Å²) in [7, 11) is 0. The highest BCUT2D eigenvalue weighted by Crippen LogP contribution is 2.25. The molecule has 0 spiro atoms. The summed E-state index contributed by atoms with van der Waals surface area (Å²) in [5.41, 5.74) is 9.57. The molecule has 0 saturated carbocycles. The Morgan fingerprint density at radius 1 is 1.24 bits per heavy atom. The summed E-state index contributed by atoms with van der Waals surface area (Å²) in [5.74, 6) is 0. The van der Waals surface area contributed by atoms with Crippen LogP contribution in [-0.2, 0) is 6.54 Å². The summed E-state index contributed by atoms with van der Waals surface area (Å²) in [6.45, 7) is 3.91. The first-order valence-electron chi connectivity index (χ1n) is 6.93. The minimum Gasteiger partial charge on any atom is -0.399 e. The predicted molar refractivity (Wildman–Crippen MR) is 91.1 cm³/mol. The minimum atomic E-state index is 0.652. The fraction of sp³-hybridized carbons (Fsp3) is 0.235. The normalized spacial score (nSPS) is 10.1. The Balaban J connectivity index is 2.26. The third-order valence-corrected chi connectivity index (χ3v) is 3.91. The zero-order chi connectivity index (χ0) is 15.2. The molecular weight excluding hydrogens is 326 g/mol. The quantitative estimate of drug-likeness (QED) is 0.822. The molecule has 2 N–H and O–H groups in total. The summed E-state index contributed by atoms with van der Waals surface area (Å²) >= 11 is 3.45. The van der Waals surface area contributed by atoms with E-state index in [9.17, 15) is 0 Å². The van der Waals surface area contributed by atoms with Gasteiger partial charge in [0, 0.05) is 28.9 Å². The van der Waals surface area contributed by atoms with Crippen molar-refractivity contribution in [3.05, 3.63) is 58.1 Å². The zero-order valence-corrected chi connectivity index (χ0v) is 13.6. The van der Waals surface area contributed by atoms with E-state index >= 15 is 0 Å². The molecule has 0 heterocycles. The molecular formula is C17H18BrN3. The average molecular weight is 344 g/mol. The molecule has 0 atom stereocenters. The number of hydrogen-bond donors (Lipinski definition) is 1. The highest BCUT2D eigenvalue weighted by Gasteiger charge is 2.09. The molecule has 0 fully saturated rings. The van der Waals surface area contributed by atoms with Crippen molar-refractivity contribution in [2.75, 3.05) is 17.2 Å². The van der Waals surface area contributed by atoms with Gasteiger partial charge < -0.3 is 10.6 Å². The molecule has 0 radical (unpaired) electrons. The molecule has 2 rings (SSSR count). The van der Waals surface area contributed by atoms with Crippen LogP contribution in [0.2, 0.25) is 0 Å². The number of hydrogen-bond acceptors (Lipinski definition) is 3. The topological polar surface area (TPSA) is 53.0 Å². The molecule has 0 aromatic heterocycles. The van der Waals surface area contributed by atoms with Crippen molar-refractivity contribution >= 4 is 27.3 Å². The van der Waals surface area contributed by atoms with Gasteiger partial charge in [-0.25, -0.2) is 0 Å². The molecule has 108 valence electrons. The van der Waals surface area contributed by atoms with E-state index in [4.69, 9.17) is 11.0 Å². The molecule has 0 unspecified atom stereocenters. The summed E-state index contributed by atoms with van der Waals surface area (Å²) in [4.78, 5) is 2.29.